The highest BCUT2D eigenvalue weighted by Crippen LogP contribution is 2.38. The molecule has 4 nitrogen and oxygen atoms in total. The summed E-state index contributed by atoms with van der Waals surface area (Å²) < 4.78 is 4.68. The molecule has 4 aromatic heterocycles. The van der Waals surface area contributed by atoms with Gasteiger partial charge in [-0.1, -0.05) is 121 Å². The predicted molar refractivity (Wildman–Crippen MR) is 232 cm³/mol. The van der Waals surface area contributed by atoms with E-state index in [2.05, 4.69) is 197 Å². The van der Waals surface area contributed by atoms with Gasteiger partial charge in [-0.25, -0.2) is 4.98 Å². The average Bonchev–Trinajstić information content (AvgIpc) is 3.79. The van der Waals surface area contributed by atoms with E-state index >= 15 is 0 Å². The van der Waals surface area contributed by atoms with E-state index in [9.17, 15) is 0 Å². The van der Waals surface area contributed by atoms with Gasteiger partial charge in [0, 0.05) is 44.9 Å². The van der Waals surface area contributed by atoms with E-state index in [1.54, 1.807) is 0 Å². The Kier molecular flexibility index (Phi) is 7.46. The van der Waals surface area contributed by atoms with Crippen LogP contribution in [0.4, 0.5) is 0 Å². The van der Waals surface area contributed by atoms with Gasteiger partial charge in [0.2, 0.25) is 0 Å². The molecule has 0 N–H and O–H groups in total. The van der Waals surface area contributed by atoms with Crippen molar-refractivity contribution in [2.24, 2.45) is 0 Å². The van der Waals surface area contributed by atoms with Crippen molar-refractivity contribution in [2.45, 2.75) is 0 Å². The number of nitrogens with zero attached hydrogens (tertiary/aromatic N) is 4. The molecule has 0 aliphatic rings. The number of hydrogen-bond acceptors (Lipinski definition) is 2. The third-order valence-corrected chi connectivity index (χ3v) is 11.0. The minimum absolute atomic E-state index is 0.947. The van der Waals surface area contributed by atoms with Crippen LogP contribution in [0.2, 0.25) is 0 Å². The van der Waals surface area contributed by atoms with Crippen molar-refractivity contribution in [3.63, 3.8) is 0 Å². The summed E-state index contributed by atoms with van der Waals surface area (Å²) in [7, 11) is 0. The maximum atomic E-state index is 5.17. The first-order valence-corrected chi connectivity index (χ1v) is 19.0. The summed E-state index contributed by atoms with van der Waals surface area (Å²) in [5.41, 5.74) is 16.6. The molecule has 0 aliphatic heterocycles. The van der Waals surface area contributed by atoms with Crippen molar-refractivity contribution >= 4 is 43.7 Å². The van der Waals surface area contributed by atoms with Crippen LogP contribution in [-0.2, 0) is 0 Å². The van der Waals surface area contributed by atoms with Crippen LogP contribution in [0.3, 0.4) is 0 Å². The maximum Gasteiger partial charge on any atom is 0.0963 e. The molecule has 11 rings (SSSR count). The zero-order valence-corrected chi connectivity index (χ0v) is 30.4. The lowest BCUT2D eigenvalue weighted by Gasteiger charge is -2.12. The monoisotopic (exact) mass is 714 g/mol. The van der Waals surface area contributed by atoms with E-state index in [0.29, 0.717) is 0 Å². The van der Waals surface area contributed by atoms with Crippen LogP contribution in [-0.4, -0.2) is 19.1 Å². The second-order valence-electron chi connectivity index (χ2n) is 14.3. The molecule has 0 fully saturated rings. The van der Waals surface area contributed by atoms with Gasteiger partial charge in [-0.05, 0) is 101 Å². The Morgan fingerprint density at radius 1 is 0.304 bits per heavy atom. The predicted octanol–water partition coefficient (Wildman–Crippen LogP) is 13.3. The van der Waals surface area contributed by atoms with Gasteiger partial charge in [0.1, 0.15) is 0 Å². The minimum atomic E-state index is 0.947. The highest BCUT2D eigenvalue weighted by atomic mass is 15.0. The Balaban J connectivity index is 1.01. The molecule has 11 aromatic rings. The van der Waals surface area contributed by atoms with Crippen LogP contribution in [0.5, 0.6) is 0 Å². The van der Waals surface area contributed by atoms with Gasteiger partial charge < -0.3 is 9.13 Å². The molecule has 0 amide bonds. The zero-order chi connectivity index (χ0) is 37.0. The molecule has 262 valence electrons. The van der Waals surface area contributed by atoms with Crippen LogP contribution in [0.1, 0.15) is 0 Å². The van der Waals surface area contributed by atoms with Crippen LogP contribution >= 0.6 is 0 Å². The number of hydrogen-bond donors (Lipinski definition) is 0. The zero-order valence-electron chi connectivity index (χ0n) is 30.4. The standard InChI is InChI=1S/C52H34N4/c1-4-13-35(14-5-1)40-33-46(36-15-6-2-7-16-36)54-47(34-40)37-22-26-42(27-23-37)55-48-20-11-10-19-43(48)44-31-38(24-28-49(44)55)39-25-29-50-45(32-39)52-51(21-12-30-53-52)56(50)41-17-8-3-9-18-41/h1-34H. The van der Waals surface area contributed by atoms with Gasteiger partial charge in [-0.3, -0.25) is 4.98 Å². The number of aromatic nitrogens is 4. The van der Waals surface area contributed by atoms with Gasteiger partial charge in [0.25, 0.3) is 0 Å². The van der Waals surface area contributed by atoms with Crippen molar-refractivity contribution in [2.75, 3.05) is 0 Å². The Labute approximate surface area is 324 Å². The molecule has 0 radical (unpaired) electrons. The molecule has 0 saturated heterocycles. The molecule has 0 atom stereocenters. The topological polar surface area (TPSA) is 35.6 Å². The second-order valence-corrected chi connectivity index (χ2v) is 14.3. The maximum absolute atomic E-state index is 5.17. The minimum Gasteiger partial charge on any atom is -0.309 e. The summed E-state index contributed by atoms with van der Waals surface area (Å²) in [4.78, 5) is 10.0. The van der Waals surface area contributed by atoms with Crippen LogP contribution in [0.15, 0.2) is 206 Å². The number of para-hydroxylation sites is 2. The molecule has 0 spiro atoms. The molecule has 7 aromatic carbocycles. The molecular formula is C52H34N4. The summed E-state index contributed by atoms with van der Waals surface area (Å²) in [6.45, 7) is 0. The first-order chi connectivity index (χ1) is 27.8. The van der Waals surface area contributed by atoms with E-state index in [1.807, 2.05) is 18.3 Å². The number of rotatable bonds is 6. The van der Waals surface area contributed by atoms with E-state index in [1.165, 1.54) is 38.5 Å². The fourth-order valence-electron chi connectivity index (χ4n) is 8.31. The average molecular weight is 715 g/mol. The number of benzene rings is 7. The smallest absolute Gasteiger partial charge is 0.0963 e. The Morgan fingerprint density at radius 2 is 0.804 bits per heavy atom. The first kappa shape index (κ1) is 31.9. The number of pyridine rings is 2. The quantitative estimate of drug-likeness (QED) is 0.172. The molecule has 0 unspecified atom stereocenters. The van der Waals surface area contributed by atoms with Crippen molar-refractivity contribution in [3.8, 4) is 56.1 Å². The Bertz CT molecular complexity index is 3160. The van der Waals surface area contributed by atoms with E-state index < -0.39 is 0 Å². The summed E-state index contributed by atoms with van der Waals surface area (Å²) in [6.07, 6.45) is 1.89. The summed E-state index contributed by atoms with van der Waals surface area (Å²) in [5, 5.41) is 3.59. The summed E-state index contributed by atoms with van der Waals surface area (Å²) >= 11 is 0. The third-order valence-electron chi connectivity index (χ3n) is 11.0. The van der Waals surface area contributed by atoms with Gasteiger partial charge in [0.05, 0.1) is 39.0 Å². The lowest BCUT2D eigenvalue weighted by atomic mass is 10.00. The Morgan fingerprint density at radius 3 is 1.52 bits per heavy atom. The fraction of sp³-hybridized carbons (Fsp3) is 0. The van der Waals surface area contributed by atoms with Crippen molar-refractivity contribution < 1.29 is 0 Å². The molecule has 4 heterocycles. The van der Waals surface area contributed by atoms with Crippen LogP contribution < -0.4 is 0 Å². The first-order valence-electron chi connectivity index (χ1n) is 19.0. The largest absolute Gasteiger partial charge is 0.309 e. The number of fused-ring (bicyclic) bond motifs is 6. The van der Waals surface area contributed by atoms with Crippen LogP contribution in [0.25, 0.3) is 99.9 Å². The normalized spacial score (nSPS) is 11.6. The SMILES string of the molecule is c1ccc(-c2cc(-c3ccccc3)nc(-c3ccc(-n4c5ccccc5c5cc(-c6ccc7c(c6)c6ncccc6n7-c6ccccc6)ccc54)cc3)c2)cc1. The van der Waals surface area contributed by atoms with Crippen molar-refractivity contribution in [1.82, 2.24) is 19.1 Å². The van der Waals surface area contributed by atoms with Gasteiger partial charge in [-0.15, -0.1) is 0 Å². The van der Waals surface area contributed by atoms with Crippen LogP contribution in [0, 0.1) is 0 Å². The van der Waals surface area contributed by atoms with E-state index in [0.717, 1.165) is 61.4 Å². The second kappa shape index (κ2) is 13.1. The summed E-state index contributed by atoms with van der Waals surface area (Å²) in [5.74, 6) is 0. The van der Waals surface area contributed by atoms with Crippen molar-refractivity contribution in [1.29, 1.82) is 0 Å². The molecule has 56 heavy (non-hydrogen) atoms. The third kappa shape index (κ3) is 5.31. The lowest BCUT2D eigenvalue weighted by molar-refractivity contribution is 1.17. The van der Waals surface area contributed by atoms with Gasteiger partial charge in [-0.2, -0.15) is 0 Å². The highest BCUT2D eigenvalue weighted by molar-refractivity contribution is 6.12. The van der Waals surface area contributed by atoms with E-state index in [4.69, 9.17) is 9.97 Å². The fourth-order valence-corrected chi connectivity index (χ4v) is 8.31. The van der Waals surface area contributed by atoms with Gasteiger partial charge >= 0.3 is 0 Å². The Hall–Kier alpha value is -7.56. The van der Waals surface area contributed by atoms with Gasteiger partial charge in [0.15, 0.2) is 0 Å². The van der Waals surface area contributed by atoms with Crippen molar-refractivity contribution in [3.05, 3.63) is 206 Å². The molecule has 4 heteroatoms. The molecular weight excluding hydrogens is 681 g/mol. The van der Waals surface area contributed by atoms with E-state index in [-0.39, 0.29) is 0 Å². The summed E-state index contributed by atoms with van der Waals surface area (Å²) in [6, 6.07) is 71.2. The highest BCUT2D eigenvalue weighted by Gasteiger charge is 2.17. The molecule has 0 saturated carbocycles. The molecule has 0 bridgehead atoms. The molecule has 0 aliphatic carbocycles. The lowest BCUT2D eigenvalue weighted by Crippen LogP contribution is -1.95.